The minimum atomic E-state index is -0.0937. The molecule has 1 atom stereocenters. The first kappa shape index (κ1) is 18.5. The van der Waals surface area contributed by atoms with Gasteiger partial charge >= 0.3 is 0 Å². The van der Waals surface area contributed by atoms with Gasteiger partial charge in [-0.2, -0.15) is 0 Å². The smallest absolute Gasteiger partial charge is 0.266 e. The summed E-state index contributed by atoms with van der Waals surface area (Å²) in [6, 6.07) is 5.62. The molecule has 0 spiro atoms. The first-order chi connectivity index (χ1) is 11.5. The van der Waals surface area contributed by atoms with Gasteiger partial charge in [0.1, 0.15) is 4.32 Å². The summed E-state index contributed by atoms with van der Waals surface area (Å²) < 4.78 is 11.8. The number of rotatable bonds is 7. The molecule has 0 aromatic heterocycles. The number of hydrogen-bond acceptors (Lipinski definition) is 5. The SMILES string of the molecule is C=CCN1C(=O)/C(=C\c2ccc(O[C@@H](C)CC)c(OC)c2)SC1=S. The fourth-order valence-corrected chi connectivity index (χ4v) is 3.38. The van der Waals surface area contributed by atoms with E-state index in [4.69, 9.17) is 21.7 Å². The molecule has 1 aliphatic heterocycles. The standard InChI is InChI=1S/C18H21NO3S2/c1-5-9-19-17(20)16(24-18(19)23)11-13-7-8-14(15(10-13)21-4)22-12(3)6-2/h5,7-8,10-12H,1,6,9H2,2-4H3/b16-11+/t12-/m0/s1. The van der Waals surface area contributed by atoms with Gasteiger partial charge in [0, 0.05) is 6.54 Å². The van der Waals surface area contributed by atoms with E-state index in [2.05, 4.69) is 13.5 Å². The van der Waals surface area contributed by atoms with Crippen molar-refractivity contribution < 1.29 is 14.3 Å². The number of thiocarbonyl (C=S) groups is 1. The molecule has 1 heterocycles. The van der Waals surface area contributed by atoms with Gasteiger partial charge in [-0.05, 0) is 37.1 Å². The van der Waals surface area contributed by atoms with E-state index in [1.54, 1.807) is 13.2 Å². The summed E-state index contributed by atoms with van der Waals surface area (Å²) >= 11 is 6.54. The molecule has 6 heteroatoms. The van der Waals surface area contributed by atoms with Crippen LogP contribution in [0.4, 0.5) is 0 Å². The Hall–Kier alpha value is -1.79. The number of thioether (sulfide) groups is 1. The second kappa shape index (κ2) is 8.35. The van der Waals surface area contributed by atoms with Crippen molar-refractivity contribution in [2.75, 3.05) is 13.7 Å². The summed E-state index contributed by atoms with van der Waals surface area (Å²) in [5.74, 6) is 1.25. The topological polar surface area (TPSA) is 38.8 Å². The molecule has 1 saturated heterocycles. The van der Waals surface area contributed by atoms with E-state index in [1.165, 1.54) is 16.7 Å². The summed E-state index contributed by atoms with van der Waals surface area (Å²) in [5, 5.41) is 0. The average molecular weight is 364 g/mol. The van der Waals surface area contributed by atoms with E-state index in [9.17, 15) is 4.79 Å². The zero-order chi connectivity index (χ0) is 17.7. The molecule has 0 radical (unpaired) electrons. The Morgan fingerprint density at radius 2 is 2.17 bits per heavy atom. The van der Waals surface area contributed by atoms with E-state index in [0.717, 1.165) is 12.0 Å². The number of hydrogen-bond donors (Lipinski definition) is 0. The van der Waals surface area contributed by atoms with Crippen molar-refractivity contribution in [1.29, 1.82) is 0 Å². The van der Waals surface area contributed by atoms with E-state index < -0.39 is 0 Å². The molecule has 24 heavy (non-hydrogen) atoms. The van der Waals surface area contributed by atoms with Crippen LogP contribution in [0.25, 0.3) is 6.08 Å². The number of methoxy groups -OCH3 is 1. The summed E-state index contributed by atoms with van der Waals surface area (Å²) in [6.45, 7) is 8.15. The molecule has 0 aliphatic carbocycles. The van der Waals surface area contributed by atoms with Gasteiger partial charge < -0.3 is 9.47 Å². The van der Waals surface area contributed by atoms with Gasteiger partial charge in [0.25, 0.3) is 5.91 Å². The maximum absolute atomic E-state index is 12.4. The molecule has 0 bridgehead atoms. The second-order valence-corrected chi connectivity index (χ2v) is 7.00. The fraction of sp³-hybridized carbons (Fsp3) is 0.333. The highest BCUT2D eigenvalue weighted by Gasteiger charge is 2.30. The average Bonchev–Trinajstić information content (AvgIpc) is 2.83. The summed E-state index contributed by atoms with van der Waals surface area (Å²) in [4.78, 5) is 14.5. The number of amides is 1. The van der Waals surface area contributed by atoms with Crippen molar-refractivity contribution in [2.24, 2.45) is 0 Å². The summed E-state index contributed by atoms with van der Waals surface area (Å²) in [7, 11) is 1.60. The molecule has 2 rings (SSSR count). The Balaban J connectivity index is 2.25. The van der Waals surface area contributed by atoms with Crippen molar-refractivity contribution in [3.05, 3.63) is 41.3 Å². The van der Waals surface area contributed by atoms with Gasteiger partial charge in [-0.1, -0.05) is 43.0 Å². The number of nitrogens with zero attached hydrogens (tertiary/aromatic N) is 1. The highest BCUT2D eigenvalue weighted by atomic mass is 32.2. The van der Waals surface area contributed by atoms with Gasteiger partial charge in [0.2, 0.25) is 0 Å². The van der Waals surface area contributed by atoms with E-state index in [-0.39, 0.29) is 12.0 Å². The van der Waals surface area contributed by atoms with Crippen LogP contribution in [0.3, 0.4) is 0 Å². The van der Waals surface area contributed by atoms with E-state index >= 15 is 0 Å². The monoisotopic (exact) mass is 363 g/mol. The molecule has 1 fully saturated rings. The molecular formula is C18H21NO3S2. The predicted octanol–water partition coefficient (Wildman–Crippen LogP) is 4.26. The van der Waals surface area contributed by atoms with Crippen LogP contribution in [0, 0.1) is 0 Å². The van der Waals surface area contributed by atoms with Gasteiger partial charge in [-0.15, -0.1) is 6.58 Å². The van der Waals surface area contributed by atoms with Gasteiger partial charge in [-0.25, -0.2) is 0 Å². The van der Waals surface area contributed by atoms with Crippen molar-refractivity contribution in [1.82, 2.24) is 4.90 Å². The summed E-state index contributed by atoms with van der Waals surface area (Å²) in [6.07, 6.45) is 4.51. The number of benzene rings is 1. The first-order valence-electron chi connectivity index (χ1n) is 7.71. The molecule has 1 aromatic rings. The third-order valence-electron chi connectivity index (χ3n) is 3.57. The maximum atomic E-state index is 12.4. The van der Waals surface area contributed by atoms with E-state index in [1.807, 2.05) is 31.2 Å². The Morgan fingerprint density at radius 1 is 1.42 bits per heavy atom. The zero-order valence-electron chi connectivity index (χ0n) is 14.1. The minimum Gasteiger partial charge on any atom is -0.493 e. The third-order valence-corrected chi connectivity index (χ3v) is 4.95. The lowest BCUT2D eigenvalue weighted by Gasteiger charge is -2.15. The van der Waals surface area contributed by atoms with Crippen LogP contribution < -0.4 is 9.47 Å². The van der Waals surface area contributed by atoms with Crippen LogP contribution in [0.15, 0.2) is 35.8 Å². The molecule has 0 unspecified atom stereocenters. The third kappa shape index (κ3) is 4.19. The largest absolute Gasteiger partial charge is 0.493 e. The fourth-order valence-electron chi connectivity index (χ4n) is 2.11. The lowest BCUT2D eigenvalue weighted by molar-refractivity contribution is -0.121. The number of ether oxygens (including phenoxy) is 2. The Morgan fingerprint density at radius 3 is 2.79 bits per heavy atom. The molecule has 1 amide bonds. The molecule has 0 N–H and O–H groups in total. The van der Waals surface area contributed by atoms with Gasteiger partial charge in [0.15, 0.2) is 11.5 Å². The number of carbonyl (C=O) groups excluding carboxylic acids is 1. The highest BCUT2D eigenvalue weighted by Crippen LogP contribution is 2.35. The number of carbonyl (C=O) groups is 1. The predicted molar refractivity (Wildman–Crippen MR) is 103 cm³/mol. The first-order valence-corrected chi connectivity index (χ1v) is 8.93. The maximum Gasteiger partial charge on any atom is 0.266 e. The van der Waals surface area contributed by atoms with Crippen molar-refractivity contribution in [3.63, 3.8) is 0 Å². The highest BCUT2D eigenvalue weighted by molar-refractivity contribution is 8.26. The van der Waals surface area contributed by atoms with Crippen molar-refractivity contribution in [3.8, 4) is 11.5 Å². The molecule has 4 nitrogen and oxygen atoms in total. The van der Waals surface area contributed by atoms with Crippen LogP contribution in [0.2, 0.25) is 0 Å². The second-order valence-electron chi connectivity index (χ2n) is 5.33. The lowest BCUT2D eigenvalue weighted by Crippen LogP contribution is -2.27. The van der Waals surface area contributed by atoms with Crippen LogP contribution in [0.5, 0.6) is 11.5 Å². The van der Waals surface area contributed by atoms with E-state index in [0.29, 0.717) is 27.3 Å². The Bertz CT molecular complexity index is 685. The normalized spacial score (nSPS) is 17.3. The van der Waals surface area contributed by atoms with Crippen molar-refractivity contribution in [2.45, 2.75) is 26.4 Å². The van der Waals surface area contributed by atoms with Crippen LogP contribution >= 0.6 is 24.0 Å². The Labute approximate surface area is 152 Å². The van der Waals surface area contributed by atoms with Crippen LogP contribution in [-0.4, -0.2) is 34.9 Å². The van der Waals surface area contributed by atoms with Crippen molar-refractivity contribution >= 4 is 40.3 Å². The minimum absolute atomic E-state index is 0.0937. The zero-order valence-corrected chi connectivity index (χ0v) is 15.7. The summed E-state index contributed by atoms with van der Waals surface area (Å²) in [5.41, 5.74) is 0.863. The van der Waals surface area contributed by atoms with Crippen LogP contribution in [0.1, 0.15) is 25.8 Å². The Kier molecular flexibility index (Phi) is 6.45. The van der Waals surface area contributed by atoms with Gasteiger partial charge in [0.05, 0.1) is 18.1 Å². The molecule has 0 saturated carbocycles. The molecule has 1 aliphatic rings. The quantitative estimate of drug-likeness (QED) is 0.411. The molecule has 128 valence electrons. The van der Waals surface area contributed by atoms with Gasteiger partial charge in [-0.3, -0.25) is 9.69 Å². The lowest BCUT2D eigenvalue weighted by atomic mass is 10.1. The molecule has 1 aromatic carbocycles. The molecular weight excluding hydrogens is 342 g/mol. The van der Waals surface area contributed by atoms with Crippen LogP contribution in [-0.2, 0) is 4.79 Å².